The van der Waals surface area contributed by atoms with Gasteiger partial charge in [0.15, 0.2) is 6.04 Å². The molecule has 1 aliphatic rings. The van der Waals surface area contributed by atoms with E-state index in [1.54, 1.807) is 0 Å². The second-order valence-corrected chi connectivity index (χ2v) is 3.15. The summed E-state index contributed by atoms with van der Waals surface area (Å²) in [7, 11) is 0. The number of hydrogen-bond acceptors (Lipinski definition) is 3. The molecule has 0 fully saturated rings. The average Bonchev–Trinajstić information content (AvgIpc) is 2.63. The Labute approximate surface area is 87.8 Å². The molecule has 0 bridgehead atoms. The number of hydrogen-bond donors (Lipinski definition) is 0. The lowest BCUT2D eigenvalue weighted by molar-refractivity contribution is -0.134. The van der Waals surface area contributed by atoms with Gasteiger partial charge in [0.1, 0.15) is 0 Å². The predicted octanol–water partition coefficient (Wildman–Crippen LogP) is 1.38. The Balaban J connectivity index is 2.24. The number of rotatable bonds is 2. The van der Waals surface area contributed by atoms with Gasteiger partial charge in [0, 0.05) is 12.0 Å². The molecule has 0 saturated heterocycles. The molecule has 1 aromatic carbocycles. The van der Waals surface area contributed by atoms with Crippen molar-refractivity contribution in [2.24, 2.45) is 4.99 Å². The SMILES string of the molecule is C#CC[C@H]1N=C(c2ccccc2)OC1=O. The van der Waals surface area contributed by atoms with Crippen LogP contribution >= 0.6 is 0 Å². The molecule has 1 heterocycles. The molecule has 0 spiro atoms. The van der Waals surface area contributed by atoms with Gasteiger partial charge in [-0.1, -0.05) is 18.2 Å². The van der Waals surface area contributed by atoms with E-state index in [0.29, 0.717) is 5.90 Å². The zero-order valence-electron chi connectivity index (χ0n) is 8.01. The van der Waals surface area contributed by atoms with Gasteiger partial charge in [0.2, 0.25) is 5.90 Å². The number of nitrogens with zero attached hydrogens (tertiary/aromatic N) is 1. The highest BCUT2D eigenvalue weighted by Crippen LogP contribution is 2.14. The molecule has 15 heavy (non-hydrogen) atoms. The highest BCUT2D eigenvalue weighted by molar-refractivity contribution is 6.06. The van der Waals surface area contributed by atoms with Gasteiger partial charge in [-0.05, 0) is 12.1 Å². The summed E-state index contributed by atoms with van der Waals surface area (Å²) in [5, 5.41) is 0. The molecule has 3 nitrogen and oxygen atoms in total. The molecule has 0 unspecified atom stereocenters. The maximum Gasteiger partial charge on any atom is 0.338 e. The fraction of sp³-hybridized carbons (Fsp3) is 0.167. The van der Waals surface area contributed by atoms with Crippen LogP contribution in [0.15, 0.2) is 35.3 Å². The van der Waals surface area contributed by atoms with Crippen LogP contribution in [0.5, 0.6) is 0 Å². The second-order valence-electron chi connectivity index (χ2n) is 3.15. The molecule has 0 radical (unpaired) electrons. The van der Waals surface area contributed by atoms with Crippen LogP contribution in [0.3, 0.4) is 0 Å². The van der Waals surface area contributed by atoms with Gasteiger partial charge in [-0.15, -0.1) is 12.3 Å². The van der Waals surface area contributed by atoms with Crippen molar-refractivity contribution in [1.29, 1.82) is 0 Å². The number of cyclic esters (lactones) is 1. The van der Waals surface area contributed by atoms with Crippen molar-refractivity contribution in [2.75, 3.05) is 0 Å². The van der Waals surface area contributed by atoms with Crippen LogP contribution in [0, 0.1) is 12.3 Å². The standard InChI is InChI=1S/C12H9NO2/c1-2-6-10-12(14)15-11(13-10)9-7-4-3-5-8-9/h1,3-5,7-8,10H,6H2/t10-/m1/s1. The first-order valence-corrected chi connectivity index (χ1v) is 4.59. The van der Waals surface area contributed by atoms with Crippen LogP contribution in [0.25, 0.3) is 0 Å². The largest absolute Gasteiger partial charge is 0.406 e. The van der Waals surface area contributed by atoms with Crippen molar-refractivity contribution >= 4 is 11.9 Å². The van der Waals surface area contributed by atoms with Crippen LogP contribution in [-0.4, -0.2) is 17.9 Å². The summed E-state index contributed by atoms with van der Waals surface area (Å²) in [6, 6.07) is 8.75. The summed E-state index contributed by atoms with van der Waals surface area (Å²) in [5.74, 6) is 2.40. The number of aliphatic imine (C=N–C) groups is 1. The summed E-state index contributed by atoms with van der Waals surface area (Å²) in [6.45, 7) is 0. The minimum Gasteiger partial charge on any atom is -0.406 e. The van der Waals surface area contributed by atoms with Crippen LogP contribution in [0.2, 0.25) is 0 Å². The van der Waals surface area contributed by atoms with Crippen LogP contribution < -0.4 is 0 Å². The molecule has 3 heteroatoms. The zero-order valence-corrected chi connectivity index (χ0v) is 8.01. The molecule has 0 N–H and O–H groups in total. The molecule has 0 saturated carbocycles. The number of terminal acetylenes is 1. The highest BCUT2D eigenvalue weighted by Gasteiger charge is 2.28. The first-order valence-electron chi connectivity index (χ1n) is 4.59. The first-order chi connectivity index (χ1) is 7.31. The van der Waals surface area contributed by atoms with E-state index < -0.39 is 6.04 Å². The van der Waals surface area contributed by atoms with E-state index in [2.05, 4.69) is 10.9 Å². The summed E-state index contributed by atoms with van der Waals surface area (Å²) in [5.41, 5.74) is 0.797. The van der Waals surface area contributed by atoms with Crippen molar-refractivity contribution in [3.63, 3.8) is 0 Å². The topological polar surface area (TPSA) is 38.7 Å². The summed E-state index contributed by atoms with van der Waals surface area (Å²) >= 11 is 0. The third-order valence-corrected chi connectivity index (χ3v) is 2.07. The summed E-state index contributed by atoms with van der Waals surface area (Å²) in [4.78, 5) is 15.4. The molecular formula is C12H9NO2. The summed E-state index contributed by atoms with van der Waals surface area (Å²) in [6.07, 6.45) is 5.41. The van der Waals surface area contributed by atoms with Gasteiger partial charge in [-0.3, -0.25) is 0 Å². The molecular weight excluding hydrogens is 190 g/mol. The van der Waals surface area contributed by atoms with E-state index in [-0.39, 0.29) is 12.4 Å². The van der Waals surface area contributed by atoms with Crippen LogP contribution in [0.1, 0.15) is 12.0 Å². The fourth-order valence-corrected chi connectivity index (χ4v) is 1.34. The minimum absolute atomic E-state index is 0.287. The van der Waals surface area contributed by atoms with Crippen molar-refractivity contribution in [3.05, 3.63) is 35.9 Å². The van der Waals surface area contributed by atoms with Crippen molar-refractivity contribution in [2.45, 2.75) is 12.5 Å². The molecule has 1 aliphatic heterocycles. The lowest BCUT2D eigenvalue weighted by Crippen LogP contribution is -2.14. The predicted molar refractivity (Wildman–Crippen MR) is 56.3 cm³/mol. The molecule has 1 atom stereocenters. The Morgan fingerprint density at radius 2 is 2.13 bits per heavy atom. The third-order valence-electron chi connectivity index (χ3n) is 2.07. The van der Waals surface area contributed by atoms with E-state index in [1.165, 1.54) is 0 Å². The van der Waals surface area contributed by atoms with Crippen LogP contribution in [0.4, 0.5) is 0 Å². The Hall–Kier alpha value is -2.08. The van der Waals surface area contributed by atoms with E-state index in [9.17, 15) is 4.79 Å². The zero-order chi connectivity index (χ0) is 10.7. The molecule has 0 aliphatic carbocycles. The van der Waals surface area contributed by atoms with Crippen molar-refractivity contribution < 1.29 is 9.53 Å². The maximum atomic E-state index is 11.3. The molecule has 2 rings (SSSR count). The first kappa shape index (κ1) is 9.47. The van der Waals surface area contributed by atoms with E-state index in [1.807, 2.05) is 30.3 Å². The van der Waals surface area contributed by atoms with Gasteiger partial charge in [0.25, 0.3) is 0 Å². The number of esters is 1. The Kier molecular flexibility index (Phi) is 2.51. The highest BCUT2D eigenvalue weighted by atomic mass is 16.6. The van der Waals surface area contributed by atoms with Gasteiger partial charge >= 0.3 is 5.97 Å². The van der Waals surface area contributed by atoms with Crippen molar-refractivity contribution in [3.8, 4) is 12.3 Å². The monoisotopic (exact) mass is 199 g/mol. The lowest BCUT2D eigenvalue weighted by Gasteiger charge is -1.97. The normalized spacial score (nSPS) is 19.3. The van der Waals surface area contributed by atoms with Gasteiger partial charge in [-0.25, -0.2) is 9.79 Å². The summed E-state index contributed by atoms with van der Waals surface area (Å²) < 4.78 is 5.03. The van der Waals surface area contributed by atoms with Gasteiger partial charge in [-0.2, -0.15) is 0 Å². The van der Waals surface area contributed by atoms with E-state index >= 15 is 0 Å². The molecule has 1 aromatic rings. The van der Waals surface area contributed by atoms with Gasteiger partial charge in [0.05, 0.1) is 0 Å². The number of ether oxygens (including phenoxy) is 1. The molecule has 0 amide bonds. The average molecular weight is 199 g/mol. The van der Waals surface area contributed by atoms with Crippen LogP contribution in [-0.2, 0) is 9.53 Å². The third kappa shape index (κ3) is 1.89. The van der Waals surface area contributed by atoms with E-state index in [0.717, 1.165) is 5.56 Å². The lowest BCUT2D eigenvalue weighted by atomic mass is 10.2. The minimum atomic E-state index is -0.537. The Bertz CT molecular complexity index is 442. The second kappa shape index (κ2) is 3.97. The van der Waals surface area contributed by atoms with Gasteiger partial charge < -0.3 is 4.74 Å². The molecule has 0 aromatic heterocycles. The number of carbonyl (C=O) groups excluding carboxylic acids is 1. The smallest absolute Gasteiger partial charge is 0.338 e. The molecule has 74 valence electrons. The maximum absolute atomic E-state index is 11.3. The number of carbonyl (C=O) groups is 1. The fourth-order valence-electron chi connectivity index (χ4n) is 1.34. The Morgan fingerprint density at radius 3 is 2.80 bits per heavy atom. The van der Waals surface area contributed by atoms with E-state index in [4.69, 9.17) is 11.2 Å². The quantitative estimate of drug-likeness (QED) is 0.533. The van der Waals surface area contributed by atoms with Crippen molar-refractivity contribution in [1.82, 2.24) is 0 Å². The Morgan fingerprint density at radius 1 is 1.40 bits per heavy atom. The number of benzene rings is 1.